The van der Waals surface area contributed by atoms with Gasteiger partial charge in [0.05, 0.1) is 19.4 Å². The van der Waals surface area contributed by atoms with Gasteiger partial charge in [0.15, 0.2) is 5.82 Å². The summed E-state index contributed by atoms with van der Waals surface area (Å²) >= 11 is 0. The number of imidazole rings is 1. The number of H-pyrrole nitrogens is 1. The van der Waals surface area contributed by atoms with Gasteiger partial charge < -0.3 is 15.0 Å². The molecule has 2 aromatic carbocycles. The zero-order valence-electron chi connectivity index (χ0n) is 16.5. The Morgan fingerprint density at radius 3 is 2.77 bits per heavy atom. The van der Waals surface area contributed by atoms with Crippen molar-refractivity contribution in [3.05, 3.63) is 78.1 Å². The van der Waals surface area contributed by atoms with E-state index in [2.05, 4.69) is 10.3 Å². The van der Waals surface area contributed by atoms with Crippen LogP contribution in [-0.4, -0.2) is 37.2 Å². The first-order valence-electron chi connectivity index (χ1n) is 10.1. The molecule has 0 spiro atoms. The normalized spacial score (nSPS) is 15.0. The van der Waals surface area contributed by atoms with Crippen molar-refractivity contribution in [2.24, 2.45) is 0 Å². The van der Waals surface area contributed by atoms with E-state index in [0.29, 0.717) is 36.8 Å². The number of carbonyl (C=O) groups is 1. The molecule has 5 rings (SSSR count). The molecule has 3 N–H and O–H groups in total. The van der Waals surface area contributed by atoms with E-state index < -0.39 is 0 Å². The van der Waals surface area contributed by atoms with Crippen molar-refractivity contribution in [3.8, 4) is 0 Å². The van der Waals surface area contributed by atoms with Crippen LogP contribution in [-0.2, 0) is 11.3 Å². The van der Waals surface area contributed by atoms with Crippen molar-refractivity contribution in [2.75, 3.05) is 31.6 Å². The van der Waals surface area contributed by atoms with Crippen LogP contribution in [0, 0.1) is 5.82 Å². The minimum atomic E-state index is -0.347. The summed E-state index contributed by atoms with van der Waals surface area (Å²) in [6, 6.07) is 16.7. The van der Waals surface area contributed by atoms with Crippen LogP contribution in [0.4, 0.5) is 10.1 Å². The van der Waals surface area contributed by atoms with Crippen LogP contribution < -0.4 is 14.6 Å². The van der Waals surface area contributed by atoms with Crippen LogP contribution in [0.3, 0.4) is 0 Å². The van der Waals surface area contributed by atoms with Gasteiger partial charge in [0.1, 0.15) is 19.6 Å². The predicted octanol–water partition coefficient (Wildman–Crippen LogP) is 1.71. The Hall–Kier alpha value is -3.29. The molecule has 3 heterocycles. The maximum Gasteiger partial charge on any atom is 0.351 e. The zero-order chi connectivity index (χ0) is 20.5. The van der Waals surface area contributed by atoms with E-state index >= 15 is 0 Å². The van der Waals surface area contributed by atoms with Gasteiger partial charge in [0, 0.05) is 11.1 Å². The average molecular weight is 406 g/mol. The number of ether oxygens (including phenoxy) is 1. The first-order chi connectivity index (χ1) is 14.7. The molecular formula is C23H23FN4O2+2. The number of carbonyl (C=O) groups excluding carboxylic acids is 1. The lowest BCUT2D eigenvalue weighted by atomic mass is 10.1. The highest BCUT2D eigenvalue weighted by Crippen LogP contribution is 2.23. The molecule has 2 aromatic heterocycles. The van der Waals surface area contributed by atoms with Crippen molar-refractivity contribution in [3.63, 3.8) is 0 Å². The maximum absolute atomic E-state index is 14.7. The molecule has 30 heavy (non-hydrogen) atoms. The second-order valence-electron chi connectivity index (χ2n) is 7.55. The van der Waals surface area contributed by atoms with Crippen molar-refractivity contribution < 1.29 is 23.2 Å². The van der Waals surface area contributed by atoms with Crippen LogP contribution in [0.2, 0.25) is 0 Å². The van der Waals surface area contributed by atoms with Gasteiger partial charge in [-0.25, -0.2) is 9.37 Å². The van der Waals surface area contributed by atoms with Crippen molar-refractivity contribution >= 4 is 27.9 Å². The molecule has 0 bridgehead atoms. The van der Waals surface area contributed by atoms with E-state index in [9.17, 15) is 9.18 Å². The van der Waals surface area contributed by atoms with Crippen molar-refractivity contribution in [2.45, 2.75) is 6.54 Å². The molecule has 152 valence electrons. The molecule has 4 aromatic rings. The summed E-state index contributed by atoms with van der Waals surface area (Å²) in [4.78, 5) is 17.7. The highest BCUT2D eigenvalue weighted by atomic mass is 19.1. The Morgan fingerprint density at radius 2 is 1.90 bits per heavy atom. The summed E-state index contributed by atoms with van der Waals surface area (Å²) in [5.74, 6) is -0.351. The number of hydrogen-bond donors (Lipinski definition) is 3. The summed E-state index contributed by atoms with van der Waals surface area (Å²) < 4.78 is 21.7. The molecule has 1 fully saturated rings. The first-order valence-corrected chi connectivity index (χ1v) is 10.1. The molecule has 6 nitrogen and oxygen atoms in total. The standard InChI is InChI=1S/C23H21FN4O2/c24-18-8-4-10-28-21(18)20(15-27-11-13-30-14-12-27)25-22(28)23(29)26-19-9-3-6-16-5-1-2-7-17(16)19/h1-10H,11-15H2,(H,26,29)/p+2. The minimum absolute atomic E-state index is 0.306. The van der Waals surface area contributed by atoms with Gasteiger partial charge in [-0.05, 0) is 23.6 Å². The SMILES string of the molecule is O=C(Nc1cccc2ccccc12)c1[nH]c(C[NH+]2CCOCC2)c2c(F)ccc[n+]12. The topological polar surface area (TPSA) is 62.7 Å². The molecule has 0 radical (unpaired) electrons. The van der Waals surface area contributed by atoms with Crippen molar-refractivity contribution in [1.82, 2.24) is 4.98 Å². The van der Waals surface area contributed by atoms with Gasteiger partial charge in [-0.1, -0.05) is 36.4 Å². The summed E-state index contributed by atoms with van der Waals surface area (Å²) in [6.45, 7) is 3.71. The molecule has 1 aliphatic rings. The summed E-state index contributed by atoms with van der Waals surface area (Å²) in [5.41, 5.74) is 1.85. The fourth-order valence-electron chi connectivity index (χ4n) is 4.12. The number of hydrogen-bond acceptors (Lipinski definition) is 2. The quantitative estimate of drug-likeness (QED) is 0.452. The Labute approximate surface area is 172 Å². The van der Waals surface area contributed by atoms with E-state index in [1.165, 1.54) is 11.0 Å². The van der Waals surface area contributed by atoms with Crippen LogP contribution in [0.1, 0.15) is 16.3 Å². The molecule has 1 saturated heterocycles. The number of rotatable bonds is 4. The second-order valence-corrected chi connectivity index (χ2v) is 7.55. The van der Waals surface area contributed by atoms with E-state index in [1.54, 1.807) is 16.7 Å². The number of quaternary nitrogens is 1. The zero-order valence-corrected chi connectivity index (χ0v) is 16.5. The van der Waals surface area contributed by atoms with Gasteiger partial charge in [0.2, 0.25) is 11.2 Å². The number of benzene rings is 2. The highest BCUT2D eigenvalue weighted by molar-refractivity contribution is 6.07. The lowest BCUT2D eigenvalue weighted by Crippen LogP contribution is -3.12. The Bertz CT molecular complexity index is 1230. The smallest absolute Gasteiger partial charge is 0.351 e. The van der Waals surface area contributed by atoms with Gasteiger partial charge >= 0.3 is 11.7 Å². The number of morpholine rings is 1. The number of amides is 1. The number of pyridine rings is 1. The largest absolute Gasteiger partial charge is 0.370 e. The second kappa shape index (κ2) is 7.85. The van der Waals surface area contributed by atoms with Crippen LogP contribution in [0.5, 0.6) is 0 Å². The average Bonchev–Trinajstić information content (AvgIpc) is 3.14. The van der Waals surface area contributed by atoms with Gasteiger partial charge in [0.25, 0.3) is 0 Å². The van der Waals surface area contributed by atoms with Crippen LogP contribution in [0.25, 0.3) is 16.3 Å². The van der Waals surface area contributed by atoms with Crippen molar-refractivity contribution in [1.29, 1.82) is 0 Å². The highest BCUT2D eigenvalue weighted by Gasteiger charge is 2.30. The summed E-state index contributed by atoms with van der Waals surface area (Å²) in [7, 11) is 0. The monoisotopic (exact) mass is 406 g/mol. The fraction of sp³-hybridized carbons (Fsp3) is 0.217. The number of nitrogens with zero attached hydrogens (tertiary/aromatic N) is 1. The van der Waals surface area contributed by atoms with E-state index in [0.717, 1.165) is 29.5 Å². The molecule has 0 atom stereocenters. The summed E-state index contributed by atoms with van der Waals surface area (Å²) in [5, 5.41) is 4.99. The molecule has 0 aliphatic carbocycles. The third-order valence-electron chi connectivity index (χ3n) is 5.62. The van der Waals surface area contributed by atoms with Gasteiger partial charge in [-0.2, -0.15) is 4.40 Å². The molecule has 0 saturated carbocycles. The summed E-state index contributed by atoms with van der Waals surface area (Å²) in [6.07, 6.45) is 1.71. The lowest BCUT2D eigenvalue weighted by Gasteiger charge is -2.22. The van der Waals surface area contributed by atoms with Crippen LogP contribution >= 0.6 is 0 Å². The van der Waals surface area contributed by atoms with Gasteiger partial charge in [-0.15, -0.1) is 0 Å². The number of aromatic amines is 1. The number of anilines is 1. The number of nitrogens with one attached hydrogen (secondary N) is 3. The van der Waals surface area contributed by atoms with E-state index in [4.69, 9.17) is 4.74 Å². The number of halogens is 1. The predicted molar refractivity (Wildman–Crippen MR) is 111 cm³/mol. The van der Waals surface area contributed by atoms with Crippen LogP contribution in [0.15, 0.2) is 60.8 Å². The first kappa shape index (κ1) is 18.7. The minimum Gasteiger partial charge on any atom is -0.370 e. The molecule has 1 amide bonds. The molecular weight excluding hydrogens is 383 g/mol. The maximum atomic E-state index is 14.7. The molecule has 7 heteroatoms. The number of aromatic nitrogens is 2. The third-order valence-corrected chi connectivity index (χ3v) is 5.62. The Balaban J connectivity index is 1.52. The Kier molecular flexibility index (Phi) is 4.90. The number of fused-ring (bicyclic) bond motifs is 2. The van der Waals surface area contributed by atoms with E-state index in [-0.39, 0.29) is 11.7 Å². The fourth-order valence-corrected chi connectivity index (χ4v) is 4.12. The van der Waals surface area contributed by atoms with E-state index in [1.807, 2.05) is 42.5 Å². The molecule has 0 unspecified atom stereocenters. The van der Waals surface area contributed by atoms with Gasteiger partial charge in [-0.3, -0.25) is 4.79 Å². The lowest BCUT2D eigenvalue weighted by molar-refractivity contribution is -0.921. The molecule has 1 aliphatic heterocycles. The Morgan fingerprint density at radius 1 is 1.10 bits per heavy atom. The third kappa shape index (κ3) is 3.42.